The van der Waals surface area contributed by atoms with E-state index in [9.17, 15) is 4.79 Å². The number of ether oxygens (including phenoxy) is 1. The first-order chi connectivity index (χ1) is 9.15. The Balaban J connectivity index is 2.17. The van der Waals surface area contributed by atoms with Crippen molar-refractivity contribution in [1.82, 2.24) is 5.32 Å². The molecule has 0 radical (unpaired) electrons. The van der Waals surface area contributed by atoms with Crippen molar-refractivity contribution in [1.29, 1.82) is 0 Å². The molecule has 1 aliphatic rings. The van der Waals surface area contributed by atoms with Crippen molar-refractivity contribution >= 4 is 17.7 Å². The number of benzene rings is 1. The van der Waals surface area contributed by atoms with Crippen LogP contribution in [-0.4, -0.2) is 29.7 Å². The van der Waals surface area contributed by atoms with Gasteiger partial charge in [0.1, 0.15) is 0 Å². The highest BCUT2D eigenvalue weighted by Gasteiger charge is 2.42. The monoisotopic (exact) mass is 279 g/mol. The average molecular weight is 279 g/mol. The predicted octanol–water partition coefficient (Wildman–Crippen LogP) is 2.46. The molecule has 1 fully saturated rings. The van der Waals surface area contributed by atoms with Crippen molar-refractivity contribution in [2.45, 2.75) is 25.1 Å². The zero-order valence-corrected chi connectivity index (χ0v) is 12.3. The van der Waals surface area contributed by atoms with Gasteiger partial charge in [0.15, 0.2) is 0 Å². The quantitative estimate of drug-likeness (QED) is 0.840. The van der Waals surface area contributed by atoms with Crippen molar-refractivity contribution in [3.05, 3.63) is 35.9 Å². The van der Waals surface area contributed by atoms with Crippen molar-refractivity contribution in [2.24, 2.45) is 5.92 Å². The molecule has 1 N–H and O–H groups in total. The number of hydrogen-bond donors (Lipinski definition) is 1. The number of esters is 1. The second-order valence-corrected chi connectivity index (χ2v) is 6.42. The number of thioether (sulfide) groups is 1. The molecule has 1 heterocycles. The van der Waals surface area contributed by atoms with Crippen LogP contribution in [0.1, 0.15) is 19.4 Å². The minimum Gasteiger partial charge on any atom is -0.466 e. The van der Waals surface area contributed by atoms with E-state index in [1.807, 2.05) is 36.9 Å². The van der Waals surface area contributed by atoms with Gasteiger partial charge in [-0.15, -0.1) is 11.8 Å². The third kappa shape index (κ3) is 3.51. The van der Waals surface area contributed by atoms with Crippen molar-refractivity contribution in [3.63, 3.8) is 0 Å². The van der Waals surface area contributed by atoms with Gasteiger partial charge in [0.05, 0.1) is 17.4 Å². The number of carbonyl (C=O) groups excluding carboxylic acids is 1. The molecule has 104 valence electrons. The van der Waals surface area contributed by atoms with Crippen LogP contribution in [0.25, 0.3) is 0 Å². The van der Waals surface area contributed by atoms with Crippen LogP contribution in [0.4, 0.5) is 0 Å². The van der Waals surface area contributed by atoms with Gasteiger partial charge in [0, 0.05) is 12.3 Å². The lowest BCUT2D eigenvalue weighted by molar-refractivity contribution is -0.149. The summed E-state index contributed by atoms with van der Waals surface area (Å²) >= 11 is 1.81. The standard InChI is InChI=1S/C15H21NO2S/c1-3-18-14(17)13(15(2)16-9-10-19-15)11-12-7-5-4-6-8-12/h4-8,13,16H,3,9-11H2,1-2H3/t13-,15+/m0/s1. The van der Waals surface area contributed by atoms with E-state index in [0.29, 0.717) is 6.61 Å². The van der Waals surface area contributed by atoms with Gasteiger partial charge in [-0.2, -0.15) is 0 Å². The van der Waals surface area contributed by atoms with Crippen molar-refractivity contribution in [3.8, 4) is 0 Å². The fourth-order valence-electron chi connectivity index (χ4n) is 2.43. The molecule has 0 bridgehead atoms. The molecule has 1 saturated heterocycles. The third-order valence-electron chi connectivity index (χ3n) is 3.50. The predicted molar refractivity (Wildman–Crippen MR) is 79.1 cm³/mol. The van der Waals surface area contributed by atoms with Gasteiger partial charge in [-0.05, 0) is 25.8 Å². The van der Waals surface area contributed by atoms with Gasteiger partial charge < -0.3 is 10.1 Å². The molecule has 19 heavy (non-hydrogen) atoms. The summed E-state index contributed by atoms with van der Waals surface area (Å²) in [5, 5.41) is 3.45. The van der Waals surface area contributed by atoms with Crippen molar-refractivity contribution in [2.75, 3.05) is 18.9 Å². The van der Waals surface area contributed by atoms with Crippen LogP contribution in [0.5, 0.6) is 0 Å². The summed E-state index contributed by atoms with van der Waals surface area (Å²) in [6.07, 6.45) is 0.718. The Kier molecular flexibility index (Phi) is 4.88. The van der Waals surface area contributed by atoms with E-state index in [2.05, 4.69) is 24.4 Å². The van der Waals surface area contributed by atoms with E-state index < -0.39 is 0 Å². The lowest BCUT2D eigenvalue weighted by Gasteiger charge is -2.32. The Labute approximate surface area is 119 Å². The normalized spacial score (nSPS) is 24.1. The first-order valence-corrected chi connectivity index (χ1v) is 7.74. The minimum absolute atomic E-state index is 0.101. The number of rotatable bonds is 5. The molecule has 0 spiro atoms. The van der Waals surface area contributed by atoms with Crippen molar-refractivity contribution < 1.29 is 9.53 Å². The van der Waals surface area contributed by atoms with Crippen LogP contribution in [-0.2, 0) is 16.0 Å². The summed E-state index contributed by atoms with van der Waals surface area (Å²) in [5.41, 5.74) is 1.18. The Morgan fingerprint density at radius 1 is 1.47 bits per heavy atom. The molecule has 0 amide bonds. The maximum atomic E-state index is 12.3. The van der Waals surface area contributed by atoms with Gasteiger partial charge in [-0.3, -0.25) is 4.79 Å². The second kappa shape index (κ2) is 6.44. The molecule has 1 aromatic rings. The summed E-state index contributed by atoms with van der Waals surface area (Å²) in [7, 11) is 0. The van der Waals surface area contributed by atoms with Crippen LogP contribution in [0, 0.1) is 5.92 Å². The van der Waals surface area contributed by atoms with Crippen LogP contribution in [0.3, 0.4) is 0 Å². The minimum atomic E-state index is -0.220. The van der Waals surface area contributed by atoms with Crippen LogP contribution in [0.15, 0.2) is 30.3 Å². The first-order valence-electron chi connectivity index (χ1n) is 6.75. The zero-order chi connectivity index (χ0) is 13.7. The second-order valence-electron chi connectivity index (χ2n) is 4.88. The SMILES string of the molecule is CCOC(=O)[C@H](Cc1ccccc1)[C@]1(C)NCCS1. The molecule has 0 unspecified atom stereocenters. The number of carbonyl (C=O) groups is 1. The Hall–Kier alpha value is -1.00. The van der Waals surface area contributed by atoms with Gasteiger partial charge >= 0.3 is 5.97 Å². The topological polar surface area (TPSA) is 38.3 Å². The lowest BCUT2D eigenvalue weighted by Crippen LogP contribution is -2.47. The van der Waals surface area contributed by atoms with Crippen LogP contribution >= 0.6 is 11.8 Å². The smallest absolute Gasteiger partial charge is 0.312 e. The molecule has 3 nitrogen and oxygen atoms in total. The highest BCUT2D eigenvalue weighted by atomic mass is 32.2. The molecule has 0 aliphatic carbocycles. The van der Waals surface area contributed by atoms with E-state index in [0.717, 1.165) is 18.7 Å². The summed E-state index contributed by atoms with van der Waals surface area (Å²) in [4.78, 5) is 12.0. The van der Waals surface area contributed by atoms with Crippen LogP contribution < -0.4 is 5.32 Å². The first kappa shape index (κ1) is 14.4. The van der Waals surface area contributed by atoms with Gasteiger partial charge in [0.2, 0.25) is 0 Å². The Morgan fingerprint density at radius 2 is 2.21 bits per heavy atom. The molecular weight excluding hydrogens is 258 g/mol. The molecule has 0 saturated carbocycles. The molecule has 2 atom stereocenters. The molecule has 1 aromatic carbocycles. The molecule has 4 heteroatoms. The summed E-state index contributed by atoms with van der Waals surface area (Å²) in [5.74, 6) is 0.791. The largest absolute Gasteiger partial charge is 0.466 e. The van der Waals surface area contributed by atoms with Gasteiger partial charge in [-0.25, -0.2) is 0 Å². The maximum absolute atomic E-state index is 12.3. The van der Waals surface area contributed by atoms with Crippen LogP contribution in [0.2, 0.25) is 0 Å². The van der Waals surface area contributed by atoms with E-state index in [-0.39, 0.29) is 16.8 Å². The average Bonchev–Trinajstić information content (AvgIpc) is 2.85. The summed E-state index contributed by atoms with van der Waals surface area (Å²) in [6.45, 7) is 5.35. The summed E-state index contributed by atoms with van der Waals surface area (Å²) in [6, 6.07) is 10.1. The highest BCUT2D eigenvalue weighted by molar-refractivity contribution is 8.00. The lowest BCUT2D eigenvalue weighted by atomic mass is 9.92. The molecule has 0 aromatic heterocycles. The highest BCUT2D eigenvalue weighted by Crippen LogP contribution is 2.36. The fourth-order valence-corrected chi connectivity index (χ4v) is 3.65. The van der Waals surface area contributed by atoms with E-state index in [1.165, 1.54) is 5.56 Å². The number of hydrogen-bond acceptors (Lipinski definition) is 4. The maximum Gasteiger partial charge on any atom is 0.312 e. The van der Waals surface area contributed by atoms with E-state index in [4.69, 9.17) is 4.74 Å². The summed E-state index contributed by atoms with van der Waals surface area (Å²) < 4.78 is 5.26. The third-order valence-corrected chi connectivity index (χ3v) is 4.94. The molecular formula is C15H21NO2S. The van der Waals surface area contributed by atoms with Gasteiger partial charge in [0.25, 0.3) is 0 Å². The Bertz CT molecular complexity index is 415. The van der Waals surface area contributed by atoms with Gasteiger partial charge in [-0.1, -0.05) is 30.3 Å². The Morgan fingerprint density at radius 3 is 2.79 bits per heavy atom. The fraction of sp³-hybridized carbons (Fsp3) is 0.533. The molecule has 1 aliphatic heterocycles. The van der Waals surface area contributed by atoms with E-state index in [1.54, 1.807) is 0 Å². The molecule has 2 rings (SSSR count). The number of nitrogens with one attached hydrogen (secondary N) is 1. The van der Waals surface area contributed by atoms with E-state index >= 15 is 0 Å². The zero-order valence-electron chi connectivity index (χ0n) is 11.5.